The Morgan fingerprint density at radius 2 is 1.83 bits per heavy atom. The van der Waals surface area contributed by atoms with Crippen LogP contribution in [0.4, 0.5) is 0 Å². The molecule has 0 fully saturated rings. The van der Waals surface area contributed by atoms with Crippen molar-refractivity contribution in [3.63, 3.8) is 0 Å². The van der Waals surface area contributed by atoms with Gasteiger partial charge in [0.1, 0.15) is 0 Å². The Morgan fingerprint density at radius 3 is 2.43 bits per heavy atom. The zero-order chi connectivity index (χ0) is 17.2. The molecule has 1 aromatic heterocycles. The molecule has 1 N–H and O–H groups in total. The standard InChI is InChI=1S/C16H19N3O4/c1-16(2,3)17-12(20)9-23-15(22)13-10-7-5-6-8-11(10)14(21)19(4)18-13/h5-8H,9H2,1-4H3,(H,17,20). The summed E-state index contributed by atoms with van der Waals surface area (Å²) in [6.45, 7) is 5.08. The number of ether oxygens (including phenoxy) is 1. The van der Waals surface area contributed by atoms with Crippen LogP contribution in [-0.4, -0.2) is 33.8 Å². The minimum atomic E-state index is -0.749. The predicted molar refractivity (Wildman–Crippen MR) is 85.2 cm³/mol. The number of esters is 1. The Bertz CT molecular complexity index is 818. The largest absolute Gasteiger partial charge is 0.451 e. The SMILES string of the molecule is Cn1nc(C(=O)OCC(=O)NC(C)(C)C)c2ccccc2c1=O. The van der Waals surface area contributed by atoms with Gasteiger partial charge >= 0.3 is 5.97 Å². The molecule has 0 aliphatic carbocycles. The van der Waals surface area contributed by atoms with Gasteiger partial charge in [0.05, 0.1) is 5.39 Å². The average Bonchev–Trinajstić information content (AvgIpc) is 2.47. The fourth-order valence-corrected chi connectivity index (χ4v) is 2.10. The van der Waals surface area contributed by atoms with Crippen molar-refractivity contribution in [3.8, 4) is 0 Å². The second-order valence-corrected chi connectivity index (χ2v) is 6.20. The van der Waals surface area contributed by atoms with Crippen molar-refractivity contribution in [1.29, 1.82) is 0 Å². The summed E-state index contributed by atoms with van der Waals surface area (Å²) in [5, 5.41) is 7.41. The normalized spacial score (nSPS) is 11.3. The first kappa shape index (κ1) is 16.7. The number of aryl methyl sites for hydroxylation is 1. The second kappa shape index (κ2) is 6.20. The van der Waals surface area contributed by atoms with E-state index in [1.807, 2.05) is 20.8 Å². The molecule has 0 atom stereocenters. The summed E-state index contributed by atoms with van der Waals surface area (Å²) in [6.07, 6.45) is 0. The van der Waals surface area contributed by atoms with Crippen molar-refractivity contribution >= 4 is 22.6 Å². The van der Waals surface area contributed by atoms with Gasteiger partial charge in [0.2, 0.25) is 0 Å². The number of aromatic nitrogens is 2. The highest BCUT2D eigenvalue weighted by atomic mass is 16.5. The van der Waals surface area contributed by atoms with Crippen LogP contribution in [0, 0.1) is 0 Å². The van der Waals surface area contributed by atoms with E-state index in [0.29, 0.717) is 10.8 Å². The molecule has 0 unspecified atom stereocenters. The molecule has 0 spiro atoms. The van der Waals surface area contributed by atoms with E-state index in [0.717, 1.165) is 4.68 Å². The molecular weight excluding hydrogens is 298 g/mol. The molecule has 0 radical (unpaired) electrons. The molecule has 0 saturated heterocycles. The number of fused-ring (bicyclic) bond motifs is 1. The monoisotopic (exact) mass is 317 g/mol. The number of rotatable bonds is 3. The molecule has 23 heavy (non-hydrogen) atoms. The first-order valence-electron chi connectivity index (χ1n) is 7.13. The minimum Gasteiger partial charge on any atom is -0.451 e. The third kappa shape index (κ3) is 3.94. The minimum absolute atomic E-state index is 0.00580. The van der Waals surface area contributed by atoms with Crippen LogP contribution in [0.15, 0.2) is 29.1 Å². The topological polar surface area (TPSA) is 90.3 Å². The van der Waals surface area contributed by atoms with Gasteiger partial charge in [-0.3, -0.25) is 9.59 Å². The summed E-state index contributed by atoms with van der Waals surface area (Å²) >= 11 is 0. The fourth-order valence-electron chi connectivity index (χ4n) is 2.10. The lowest BCUT2D eigenvalue weighted by Crippen LogP contribution is -2.42. The molecule has 7 nitrogen and oxygen atoms in total. The fraction of sp³-hybridized carbons (Fsp3) is 0.375. The first-order chi connectivity index (χ1) is 10.7. The molecule has 0 aliphatic rings. The van der Waals surface area contributed by atoms with Crippen LogP contribution < -0.4 is 10.9 Å². The lowest BCUT2D eigenvalue weighted by molar-refractivity contribution is -0.125. The lowest BCUT2D eigenvalue weighted by atomic mass is 10.1. The van der Waals surface area contributed by atoms with E-state index in [2.05, 4.69) is 10.4 Å². The van der Waals surface area contributed by atoms with Gasteiger partial charge in [0.15, 0.2) is 12.3 Å². The van der Waals surface area contributed by atoms with E-state index in [4.69, 9.17) is 4.74 Å². The van der Waals surface area contributed by atoms with Gasteiger partial charge in [-0.05, 0) is 26.8 Å². The van der Waals surface area contributed by atoms with E-state index < -0.39 is 24.0 Å². The van der Waals surface area contributed by atoms with Crippen molar-refractivity contribution < 1.29 is 14.3 Å². The van der Waals surface area contributed by atoms with E-state index in [-0.39, 0.29) is 11.3 Å². The zero-order valence-electron chi connectivity index (χ0n) is 13.5. The van der Waals surface area contributed by atoms with E-state index in [1.54, 1.807) is 24.3 Å². The number of nitrogens with one attached hydrogen (secondary N) is 1. The Morgan fingerprint density at radius 1 is 1.22 bits per heavy atom. The van der Waals surface area contributed by atoms with Gasteiger partial charge in [-0.25, -0.2) is 9.48 Å². The zero-order valence-corrected chi connectivity index (χ0v) is 13.5. The number of carbonyl (C=O) groups is 2. The molecule has 2 rings (SSSR count). The average molecular weight is 317 g/mol. The van der Waals surface area contributed by atoms with Gasteiger partial charge in [0, 0.05) is 18.0 Å². The van der Waals surface area contributed by atoms with Crippen LogP contribution in [0.1, 0.15) is 31.3 Å². The Hall–Kier alpha value is -2.70. The van der Waals surface area contributed by atoms with Gasteiger partial charge in [-0.2, -0.15) is 5.10 Å². The number of nitrogens with zero attached hydrogens (tertiary/aromatic N) is 2. The maximum absolute atomic E-state index is 12.2. The maximum atomic E-state index is 12.2. The van der Waals surface area contributed by atoms with Crippen molar-refractivity contribution in [2.45, 2.75) is 26.3 Å². The molecule has 0 bridgehead atoms. The molecule has 0 aliphatic heterocycles. The van der Waals surface area contributed by atoms with Crippen LogP contribution in [0.2, 0.25) is 0 Å². The van der Waals surface area contributed by atoms with Crippen LogP contribution in [0.3, 0.4) is 0 Å². The quantitative estimate of drug-likeness (QED) is 0.853. The summed E-state index contributed by atoms with van der Waals surface area (Å²) in [6, 6.07) is 6.64. The lowest BCUT2D eigenvalue weighted by Gasteiger charge is -2.20. The highest BCUT2D eigenvalue weighted by molar-refractivity contribution is 6.02. The number of carbonyl (C=O) groups excluding carboxylic acids is 2. The number of amides is 1. The van der Waals surface area contributed by atoms with Crippen LogP contribution >= 0.6 is 0 Å². The molecule has 2 aromatic rings. The van der Waals surface area contributed by atoms with Crippen LogP contribution in [0.5, 0.6) is 0 Å². The second-order valence-electron chi connectivity index (χ2n) is 6.20. The maximum Gasteiger partial charge on any atom is 0.359 e. The number of hydrogen-bond acceptors (Lipinski definition) is 5. The molecule has 122 valence electrons. The van der Waals surface area contributed by atoms with Crippen molar-refractivity contribution in [1.82, 2.24) is 15.1 Å². The Labute approximate surface area is 133 Å². The smallest absolute Gasteiger partial charge is 0.359 e. The highest BCUT2D eigenvalue weighted by Gasteiger charge is 2.19. The summed E-state index contributed by atoms with van der Waals surface area (Å²) in [5.74, 6) is -1.15. The summed E-state index contributed by atoms with van der Waals surface area (Å²) in [5.41, 5.74) is -0.709. The van der Waals surface area contributed by atoms with E-state index >= 15 is 0 Å². The van der Waals surface area contributed by atoms with Gasteiger partial charge in [-0.15, -0.1) is 0 Å². The summed E-state index contributed by atoms with van der Waals surface area (Å²) in [4.78, 5) is 35.9. The molecule has 1 heterocycles. The predicted octanol–water partition coefficient (Wildman–Crippen LogP) is 1.00. The molecule has 1 amide bonds. The van der Waals surface area contributed by atoms with Crippen molar-refractivity contribution in [2.75, 3.05) is 6.61 Å². The van der Waals surface area contributed by atoms with E-state index in [1.165, 1.54) is 7.05 Å². The van der Waals surface area contributed by atoms with Crippen molar-refractivity contribution in [2.24, 2.45) is 7.05 Å². The molecule has 1 aromatic carbocycles. The third-order valence-electron chi connectivity index (χ3n) is 3.00. The van der Waals surface area contributed by atoms with Crippen molar-refractivity contribution in [3.05, 3.63) is 40.3 Å². The summed E-state index contributed by atoms with van der Waals surface area (Å²) in [7, 11) is 1.46. The van der Waals surface area contributed by atoms with Gasteiger partial charge < -0.3 is 10.1 Å². The third-order valence-corrected chi connectivity index (χ3v) is 3.00. The number of benzene rings is 1. The molecular formula is C16H19N3O4. The molecule has 0 saturated carbocycles. The van der Waals surface area contributed by atoms with Crippen LogP contribution in [0.25, 0.3) is 10.8 Å². The summed E-state index contributed by atoms with van der Waals surface area (Å²) < 4.78 is 6.09. The van der Waals surface area contributed by atoms with E-state index in [9.17, 15) is 14.4 Å². The Kier molecular flexibility index (Phi) is 4.49. The highest BCUT2D eigenvalue weighted by Crippen LogP contribution is 2.13. The Balaban J connectivity index is 2.24. The van der Waals surface area contributed by atoms with Gasteiger partial charge in [-0.1, -0.05) is 18.2 Å². The number of hydrogen-bond donors (Lipinski definition) is 1. The van der Waals surface area contributed by atoms with Crippen LogP contribution in [-0.2, 0) is 16.6 Å². The van der Waals surface area contributed by atoms with Gasteiger partial charge in [0.25, 0.3) is 11.5 Å². The first-order valence-corrected chi connectivity index (χ1v) is 7.13. The molecule has 7 heteroatoms.